The highest BCUT2D eigenvalue weighted by molar-refractivity contribution is 5.41. The molecule has 0 saturated carbocycles. The molecule has 0 spiro atoms. The molecule has 1 aliphatic heterocycles. The number of rotatable bonds is 3. The minimum Gasteiger partial charge on any atom is -0.496 e. The van der Waals surface area contributed by atoms with E-state index in [9.17, 15) is 5.11 Å². The lowest BCUT2D eigenvalue weighted by Gasteiger charge is -2.32. The van der Waals surface area contributed by atoms with Crippen molar-refractivity contribution in [2.24, 2.45) is 0 Å². The number of nitrogens with zero attached hydrogens (tertiary/aromatic N) is 1. The molecule has 100 valence electrons. The van der Waals surface area contributed by atoms with Gasteiger partial charge in [0.05, 0.1) is 12.7 Å². The van der Waals surface area contributed by atoms with Gasteiger partial charge in [0.2, 0.25) is 0 Å². The van der Waals surface area contributed by atoms with E-state index in [2.05, 4.69) is 4.98 Å². The third-order valence-corrected chi connectivity index (χ3v) is 3.67. The van der Waals surface area contributed by atoms with Gasteiger partial charge in [-0.2, -0.15) is 0 Å². The predicted molar refractivity (Wildman–Crippen MR) is 69.0 cm³/mol. The minimum atomic E-state index is -0.684. The molecule has 1 N–H and O–H groups in total. The Morgan fingerprint density at radius 2 is 2.06 bits per heavy atom. The van der Waals surface area contributed by atoms with Crippen LogP contribution < -0.4 is 4.74 Å². The number of aromatic nitrogens is 1. The van der Waals surface area contributed by atoms with Crippen LogP contribution in [0.4, 0.5) is 0 Å². The Bertz CT molecular complexity index is 425. The number of hydrogen-bond donors (Lipinski definition) is 1. The van der Waals surface area contributed by atoms with Crippen LogP contribution in [0, 0.1) is 13.8 Å². The van der Waals surface area contributed by atoms with E-state index in [1.165, 1.54) is 0 Å². The molecule has 0 atom stereocenters. The maximum atomic E-state index is 10.5. The lowest BCUT2D eigenvalue weighted by Crippen LogP contribution is -2.38. The van der Waals surface area contributed by atoms with Gasteiger partial charge in [-0.25, -0.2) is 0 Å². The summed E-state index contributed by atoms with van der Waals surface area (Å²) >= 11 is 0. The van der Waals surface area contributed by atoms with Gasteiger partial charge in [-0.3, -0.25) is 4.98 Å². The van der Waals surface area contributed by atoms with E-state index >= 15 is 0 Å². The standard InChI is InChI=1S/C14H21NO3/c1-10-9-15-12(11(2)13(10)17-3)8-14(16)4-6-18-7-5-14/h9,16H,4-8H2,1-3H3. The average Bonchev–Trinajstić information content (AvgIpc) is 2.34. The maximum Gasteiger partial charge on any atom is 0.128 e. The van der Waals surface area contributed by atoms with Crippen LogP contribution in [0.25, 0.3) is 0 Å². The average molecular weight is 251 g/mol. The fourth-order valence-corrected chi connectivity index (χ4v) is 2.49. The molecule has 1 aromatic heterocycles. The lowest BCUT2D eigenvalue weighted by molar-refractivity contribution is -0.0631. The zero-order valence-electron chi connectivity index (χ0n) is 11.3. The van der Waals surface area contributed by atoms with Crippen molar-refractivity contribution in [3.05, 3.63) is 23.0 Å². The predicted octanol–water partition coefficient (Wildman–Crippen LogP) is 1.79. The summed E-state index contributed by atoms with van der Waals surface area (Å²) in [6, 6.07) is 0. The fraction of sp³-hybridized carbons (Fsp3) is 0.643. The van der Waals surface area contributed by atoms with E-state index in [1.54, 1.807) is 7.11 Å². The first-order chi connectivity index (χ1) is 8.56. The molecule has 2 rings (SSSR count). The summed E-state index contributed by atoms with van der Waals surface area (Å²) in [5, 5.41) is 10.5. The second-order valence-corrected chi connectivity index (χ2v) is 5.06. The van der Waals surface area contributed by atoms with Crippen molar-refractivity contribution < 1.29 is 14.6 Å². The summed E-state index contributed by atoms with van der Waals surface area (Å²) in [6.07, 6.45) is 3.72. The van der Waals surface area contributed by atoms with E-state index in [0.717, 1.165) is 22.6 Å². The molecule has 1 fully saturated rings. The Labute approximate surface area is 108 Å². The monoisotopic (exact) mass is 251 g/mol. The topological polar surface area (TPSA) is 51.6 Å². The van der Waals surface area contributed by atoms with Gasteiger partial charge in [-0.1, -0.05) is 0 Å². The van der Waals surface area contributed by atoms with Gasteiger partial charge in [0.25, 0.3) is 0 Å². The first-order valence-corrected chi connectivity index (χ1v) is 6.35. The SMILES string of the molecule is COc1c(C)cnc(CC2(O)CCOCC2)c1C. The van der Waals surface area contributed by atoms with Gasteiger partial charge in [-0.15, -0.1) is 0 Å². The summed E-state index contributed by atoms with van der Waals surface area (Å²) in [6.45, 7) is 5.22. The van der Waals surface area contributed by atoms with Gasteiger partial charge in [0.1, 0.15) is 5.75 Å². The Hall–Kier alpha value is -1.13. The molecule has 1 aromatic rings. The normalized spacial score (nSPS) is 18.7. The van der Waals surface area contributed by atoms with Gasteiger partial charge < -0.3 is 14.6 Å². The van der Waals surface area contributed by atoms with Crippen LogP contribution in [0.15, 0.2) is 6.20 Å². The van der Waals surface area contributed by atoms with Crippen LogP contribution >= 0.6 is 0 Å². The number of methoxy groups -OCH3 is 1. The third kappa shape index (κ3) is 2.65. The second-order valence-electron chi connectivity index (χ2n) is 5.06. The fourth-order valence-electron chi connectivity index (χ4n) is 2.49. The highest BCUT2D eigenvalue weighted by atomic mass is 16.5. The number of pyridine rings is 1. The summed E-state index contributed by atoms with van der Waals surface area (Å²) < 4.78 is 10.7. The summed E-state index contributed by atoms with van der Waals surface area (Å²) in [4.78, 5) is 4.44. The third-order valence-electron chi connectivity index (χ3n) is 3.67. The number of ether oxygens (including phenoxy) is 2. The van der Waals surface area contributed by atoms with Gasteiger partial charge in [0.15, 0.2) is 0 Å². The van der Waals surface area contributed by atoms with E-state index in [4.69, 9.17) is 9.47 Å². The molecule has 1 saturated heterocycles. The molecule has 0 bridgehead atoms. The van der Waals surface area contributed by atoms with Crippen LogP contribution in [-0.4, -0.2) is 36.0 Å². The molecule has 2 heterocycles. The quantitative estimate of drug-likeness (QED) is 0.890. The van der Waals surface area contributed by atoms with E-state index in [0.29, 0.717) is 32.5 Å². The molecule has 18 heavy (non-hydrogen) atoms. The van der Waals surface area contributed by atoms with Crippen LogP contribution in [-0.2, 0) is 11.2 Å². The lowest BCUT2D eigenvalue weighted by atomic mass is 9.88. The highest BCUT2D eigenvalue weighted by Gasteiger charge is 2.31. The molecule has 4 heteroatoms. The summed E-state index contributed by atoms with van der Waals surface area (Å²) in [5.41, 5.74) is 2.29. The number of aliphatic hydroxyl groups is 1. The van der Waals surface area contributed by atoms with Crippen molar-refractivity contribution in [2.45, 2.75) is 38.7 Å². The zero-order chi connectivity index (χ0) is 13.2. The smallest absolute Gasteiger partial charge is 0.128 e. The second kappa shape index (κ2) is 5.24. The van der Waals surface area contributed by atoms with Gasteiger partial charge >= 0.3 is 0 Å². The van der Waals surface area contributed by atoms with Crippen LogP contribution in [0.3, 0.4) is 0 Å². The maximum absolute atomic E-state index is 10.5. The molecule has 4 nitrogen and oxygen atoms in total. The number of aryl methyl sites for hydroxylation is 1. The van der Waals surface area contributed by atoms with Crippen molar-refractivity contribution >= 4 is 0 Å². The van der Waals surface area contributed by atoms with E-state index in [-0.39, 0.29) is 0 Å². The molecule has 1 aliphatic rings. The van der Waals surface area contributed by atoms with E-state index in [1.807, 2.05) is 20.0 Å². The van der Waals surface area contributed by atoms with Crippen LogP contribution in [0.2, 0.25) is 0 Å². The Morgan fingerprint density at radius 3 is 2.67 bits per heavy atom. The van der Waals surface area contributed by atoms with Crippen LogP contribution in [0.5, 0.6) is 5.75 Å². The molecule has 0 aliphatic carbocycles. The van der Waals surface area contributed by atoms with Crippen molar-refractivity contribution in [1.29, 1.82) is 0 Å². The van der Waals surface area contributed by atoms with Crippen molar-refractivity contribution in [2.75, 3.05) is 20.3 Å². The largest absolute Gasteiger partial charge is 0.496 e. The van der Waals surface area contributed by atoms with Gasteiger partial charge in [0, 0.05) is 42.7 Å². The molecule has 0 radical (unpaired) electrons. The Morgan fingerprint density at radius 1 is 1.39 bits per heavy atom. The minimum absolute atomic E-state index is 0.568. The molecular formula is C14H21NO3. The first-order valence-electron chi connectivity index (χ1n) is 6.35. The molecular weight excluding hydrogens is 230 g/mol. The summed E-state index contributed by atoms with van der Waals surface area (Å²) in [7, 11) is 1.67. The van der Waals surface area contributed by atoms with Gasteiger partial charge in [-0.05, 0) is 26.7 Å². The van der Waals surface area contributed by atoms with Crippen molar-refractivity contribution in [1.82, 2.24) is 4.98 Å². The highest BCUT2D eigenvalue weighted by Crippen LogP contribution is 2.29. The van der Waals surface area contributed by atoms with Crippen LogP contribution in [0.1, 0.15) is 29.7 Å². The first kappa shape index (κ1) is 13.3. The van der Waals surface area contributed by atoms with E-state index < -0.39 is 5.60 Å². The molecule has 0 aromatic carbocycles. The molecule has 0 unspecified atom stereocenters. The zero-order valence-corrected chi connectivity index (χ0v) is 11.3. The summed E-state index contributed by atoms with van der Waals surface area (Å²) in [5.74, 6) is 0.871. The Kier molecular flexibility index (Phi) is 3.88. The molecule has 0 amide bonds. The number of hydrogen-bond acceptors (Lipinski definition) is 4. The van der Waals surface area contributed by atoms with Crippen molar-refractivity contribution in [3.8, 4) is 5.75 Å². The van der Waals surface area contributed by atoms with Crippen molar-refractivity contribution in [3.63, 3.8) is 0 Å². The Balaban J connectivity index is 2.23.